The fourth-order valence-corrected chi connectivity index (χ4v) is 4.37. The second-order valence-corrected chi connectivity index (χ2v) is 8.80. The van der Waals surface area contributed by atoms with Crippen molar-refractivity contribution >= 4 is 29.2 Å². The maximum atomic E-state index is 13.3. The molecule has 6 rings (SSSR count). The van der Waals surface area contributed by atoms with Crippen molar-refractivity contribution in [2.75, 3.05) is 0 Å². The zero-order valence-corrected chi connectivity index (χ0v) is 16.5. The smallest absolute Gasteiger partial charge is 0.504 e. The molecule has 0 spiro atoms. The molecule has 0 radical (unpaired) electrons. The number of benzene rings is 2. The zero-order valence-electron chi connectivity index (χ0n) is 14.8. The summed E-state index contributed by atoms with van der Waals surface area (Å²) < 4.78 is 65.5. The number of hydrogen-bond donors (Lipinski definition) is 2. The molecule has 3 aliphatic heterocycles. The van der Waals surface area contributed by atoms with Gasteiger partial charge in [0, 0.05) is 5.56 Å². The first-order valence-corrected chi connectivity index (χ1v) is 11.0. The summed E-state index contributed by atoms with van der Waals surface area (Å²) in [7, 11) is -9.58. The molecule has 15 nitrogen and oxygen atoms in total. The first kappa shape index (κ1) is 19.0. The second-order valence-electron chi connectivity index (χ2n) is 6.31. The van der Waals surface area contributed by atoms with Crippen LogP contribution in [0.2, 0.25) is 0 Å². The molecule has 0 aliphatic carbocycles. The molecule has 2 N–H and O–H groups in total. The lowest BCUT2D eigenvalue weighted by molar-refractivity contribution is -0.241. The van der Waals surface area contributed by atoms with Crippen LogP contribution in [-0.2, 0) is 29.0 Å². The maximum absolute atomic E-state index is 13.3. The summed E-state index contributed by atoms with van der Waals surface area (Å²) >= 11 is 0. The van der Waals surface area contributed by atoms with Gasteiger partial charge >= 0.3 is 18.2 Å². The predicted octanol–water partition coefficient (Wildman–Crippen LogP) is 1.95. The predicted molar refractivity (Wildman–Crippen MR) is 94.2 cm³/mol. The summed E-state index contributed by atoms with van der Waals surface area (Å²) in [5.74, 6) is -5.06. The third-order valence-corrected chi connectivity index (χ3v) is 5.88. The molecule has 0 amide bonds. The van der Waals surface area contributed by atoms with E-state index in [0.717, 1.165) is 12.1 Å². The van der Waals surface area contributed by atoms with Gasteiger partial charge in [-0.3, -0.25) is 4.79 Å². The van der Waals surface area contributed by atoms with E-state index in [1.165, 1.54) is 6.07 Å². The number of fused-ring (bicyclic) bond motifs is 4. The summed E-state index contributed by atoms with van der Waals surface area (Å²) in [5.41, 5.74) is -1.65. The summed E-state index contributed by atoms with van der Waals surface area (Å²) in [6.45, 7) is 0. The number of phosphoric acid groups is 1. The highest BCUT2D eigenvalue weighted by Gasteiger charge is 2.48. The fraction of sp³-hybridized carbons (Fsp3) is 0. The molecule has 0 saturated heterocycles. The van der Waals surface area contributed by atoms with Gasteiger partial charge in [-0.05, 0) is 18.2 Å². The van der Waals surface area contributed by atoms with Crippen LogP contribution in [0, 0.1) is 0 Å². The number of aromatic hydroxyl groups is 2. The largest absolute Gasteiger partial charge is 0.583 e. The van der Waals surface area contributed by atoms with E-state index in [2.05, 4.69) is 18.2 Å². The molecule has 0 fully saturated rings. The third kappa shape index (κ3) is 2.55. The first-order valence-electron chi connectivity index (χ1n) is 8.22. The molecule has 4 heterocycles. The molecule has 166 valence electrons. The van der Waals surface area contributed by atoms with Crippen molar-refractivity contribution in [3.05, 3.63) is 28.4 Å². The molecular formula is C15H5O15PS. The van der Waals surface area contributed by atoms with Gasteiger partial charge in [-0.15, -0.1) is 8.42 Å². The van der Waals surface area contributed by atoms with Crippen LogP contribution in [-0.4, -0.2) is 18.6 Å². The van der Waals surface area contributed by atoms with Gasteiger partial charge in [-0.25, -0.2) is 4.57 Å². The van der Waals surface area contributed by atoms with E-state index in [9.17, 15) is 28.0 Å². The molecule has 17 heteroatoms. The Hall–Kier alpha value is -3.69. The molecule has 3 aromatic rings. The number of hydrogen-bond acceptors (Lipinski definition) is 15. The fourth-order valence-electron chi connectivity index (χ4n) is 3.05. The normalized spacial score (nSPS) is 21.9. The van der Waals surface area contributed by atoms with Crippen molar-refractivity contribution in [1.29, 1.82) is 0 Å². The summed E-state index contributed by atoms with van der Waals surface area (Å²) in [4.78, 5) is 27.8. The van der Waals surface area contributed by atoms with Crippen LogP contribution in [0.5, 0.6) is 40.2 Å². The molecule has 7 bridgehead atoms. The minimum atomic E-state index is -4.84. The summed E-state index contributed by atoms with van der Waals surface area (Å²) in [6, 6.07) is 3.28. The van der Waals surface area contributed by atoms with Crippen LogP contribution < -0.4 is 28.5 Å². The van der Waals surface area contributed by atoms with Gasteiger partial charge in [0.05, 0.1) is 0 Å². The number of phenols is 2. The standard InChI is InChI=1S/C15H5O15PS/c16-5-2-1-4(3-6(5)17)9-12-8(18)7-10(22-9)14-13-15(27-32(20,21)26-14)11(7)23-28-31(19,29-24-12)30-25-13/h1-3,16-17H. The number of phenolic OH excluding ortho intramolecular Hbond substituents is 2. The SMILES string of the molecule is O=c1c2c(-c3ccc(O)c(O)c3)oc3c4c5c(c(c13)OOP(=O)(OO5)OO2)OS(=O)(=O)O4. The van der Waals surface area contributed by atoms with Crippen LogP contribution in [0.3, 0.4) is 0 Å². The van der Waals surface area contributed by atoms with Crippen molar-refractivity contribution in [2.45, 2.75) is 0 Å². The number of rotatable bonds is 1. The van der Waals surface area contributed by atoms with E-state index in [1.807, 2.05) is 0 Å². The average molecular weight is 488 g/mol. The van der Waals surface area contributed by atoms with Gasteiger partial charge in [0.25, 0.3) is 11.5 Å². The Kier molecular flexibility index (Phi) is 3.55. The zero-order chi connectivity index (χ0) is 22.4. The van der Waals surface area contributed by atoms with Crippen LogP contribution in [0.1, 0.15) is 0 Å². The van der Waals surface area contributed by atoms with E-state index in [-0.39, 0.29) is 5.56 Å². The maximum Gasteiger partial charge on any atom is 0.583 e. The Balaban J connectivity index is 1.79. The minimum Gasteiger partial charge on any atom is -0.504 e. The quantitative estimate of drug-likeness (QED) is 0.286. The van der Waals surface area contributed by atoms with E-state index in [0.29, 0.717) is 0 Å². The Morgan fingerprint density at radius 1 is 0.812 bits per heavy atom. The van der Waals surface area contributed by atoms with E-state index >= 15 is 0 Å². The summed E-state index contributed by atoms with van der Waals surface area (Å²) in [6.07, 6.45) is 0. The van der Waals surface area contributed by atoms with Gasteiger partial charge in [0.1, 0.15) is 5.39 Å². The van der Waals surface area contributed by atoms with Crippen LogP contribution in [0.15, 0.2) is 27.4 Å². The minimum absolute atomic E-state index is 0.0517. The lowest BCUT2D eigenvalue weighted by Gasteiger charge is -2.24. The molecule has 1 unspecified atom stereocenters. The lowest BCUT2D eigenvalue weighted by Crippen LogP contribution is -2.24. The summed E-state index contributed by atoms with van der Waals surface area (Å²) in [5, 5.41) is 18.9. The Bertz CT molecular complexity index is 1570. The van der Waals surface area contributed by atoms with Gasteiger partial charge in [-0.2, -0.15) is 0 Å². The molecule has 32 heavy (non-hydrogen) atoms. The molecule has 2 aromatic carbocycles. The van der Waals surface area contributed by atoms with Crippen molar-refractivity contribution in [3.63, 3.8) is 0 Å². The van der Waals surface area contributed by atoms with Crippen molar-refractivity contribution in [2.24, 2.45) is 0 Å². The lowest BCUT2D eigenvalue weighted by atomic mass is 10.1. The van der Waals surface area contributed by atoms with Crippen LogP contribution in [0.25, 0.3) is 22.3 Å². The first-order chi connectivity index (χ1) is 15.2. The molecule has 0 saturated carbocycles. The van der Waals surface area contributed by atoms with Crippen LogP contribution in [0.4, 0.5) is 0 Å². The highest BCUT2D eigenvalue weighted by atomic mass is 32.3. The molecule has 3 aliphatic rings. The average Bonchev–Trinajstić information content (AvgIpc) is 2.74. The van der Waals surface area contributed by atoms with Gasteiger partial charge in [-0.1, -0.05) is 14.0 Å². The van der Waals surface area contributed by atoms with E-state index < -0.39 is 80.6 Å². The monoisotopic (exact) mass is 488 g/mol. The Morgan fingerprint density at radius 2 is 1.47 bits per heavy atom. The van der Waals surface area contributed by atoms with E-state index in [1.54, 1.807) is 0 Å². The molecule has 1 aromatic heterocycles. The second kappa shape index (κ2) is 5.96. The van der Waals surface area contributed by atoms with Crippen LogP contribution >= 0.6 is 7.82 Å². The third-order valence-electron chi connectivity index (χ3n) is 4.37. The van der Waals surface area contributed by atoms with Crippen molar-refractivity contribution in [3.8, 4) is 51.6 Å². The Labute approximate surface area is 174 Å². The Morgan fingerprint density at radius 3 is 2.19 bits per heavy atom. The molecule has 1 atom stereocenters. The van der Waals surface area contributed by atoms with Gasteiger partial charge < -0.3 is 37.7 Å². The highest BCUT2D eigenvalue weighted by molar-refractivity contribution is 7.82. The van der Waals surface area contributed by atoms with Crippen molar-refractivity contribution in [1.82, 2.24) is 0 Å². The van der Waals surface area contributed by atoms with Gasteiger partial charge in [0.15, 0.2) is 22.8 Å². The molecular weight excluding hydrogens is 483 g/mol. The van der Waals surface area contributed by atoms with E-state index in [4.69, 9.17) is 23.3 Å². The topological polar surface area (TPSA) is 196 Å². The van der Waals surface area contributed by atoms with Crippen molar-refractivity contribution < 1.29 is 64.7 Å². The van der Waals surface area contributed by atoms with Gasteiger partial charge in [0.2, 0.25) is 22.7 Å². The highest BCUT2D eigenvalue weighted by Crippen LogP contribution is 2.61.